The molecule has 98 valence electrons. The van der Waals surface area contributed by atoms with Gasteiger partial charge in [-0.15, -0.1) is 33.7 Å². The highest BCUT2D eigenvalue weighted by Crippen LogP contribution is 2.48. The average molecular weight is 334 g/mol. The number of hydrogen-bond acceptors (Lipinski definition) is 8. The molecule has 3 aromatic rings. The van der Waals surface area contributed by atoms with Gasteiger partial charge >= 0.3 is 0 Å². The van der Waals surface area contributed by atoms with E-state index in [2.05, 4.69) is 31.3 Å². The Morgan fingerprint density at radius 2 is 1.25 bits per heavy atom. The zero-order valence-electron chi connectivity index (χ0n) is 9.99. The van der Waals surface area contributed by atoms with Gasteiger partial charge in [-0.3, -0.25) is 0 Å². The quantitative estimate of drug-likeness (QED) is 0.621. The molecule has 4 nitrogen and oxygen atoms in total. The smallest absolute Gasteiger partial charge is 0.119 e. The third kappa shape index (κ3) is 1.56. The zero-order valence-corrected chi connectivity index (χ0v) is 13.3. The van der Waals surface area contributed by atoms with E-state index in [9.17, 15) is 0 Å². The zero-order chi connectivity index (χ0) is 13.1. The van der Waals surface area contributed by atoms with Crippen molar-refractivity contribution in [2.24, 2.45) is 0 Å². The summed E-state index contributed by atoms with van der Waals surface area (Å²) in [5, 5.41) is 8.59. The lowest BCUT2D eigenvalue weighted by Gasteiger charge is -2.20. The number of hydrogen-bond donors (Lipinski definition) is 0. The van der Waals surface area contributed by atoms with Crippen LogP contribution in [0.25, 0.3) is 22.5 Å². The minimum atomic E-state index is 0.986. The van der Waals surface area contributed by atoms with E-state index in [0.717, 1.165) is 22.9 Å². The Kier molecular flexibility index (Phi) is 2.49. The Morgan fingerprint density at radius 1 is 0.750 bits per heavy atom. The van der Waals surface area contributed by atoms with Crippen LogP contribution >= 0.6 is 46.6 Å². The second-order valence-corrected chi connectivity index (χ2v) is 8.56. The number of benzene rings is 1. The Bertz CT molecular complexity index is 768. The fourth-order valence-corrected chi connectivity index (χ4v) is 6.01. The van der Waals surface area contributed by atoms with Crippen molar-refractivity contribution < 1.29 is 0 Å². The van der Waals surface area contributed by atoms with E-state index in [1.807, 2.05) is 23.5 Å². The van der Waals surface area contributed by atoms with Crippen LogP contribution in [0.15, 0.2) is 20.6 Å². The van der Waals surface area contributed by atoms with Crippen LogP contribution in [0.4, 0.5) is 0 Å². The fourth-order valence-electron chi connectivity index (χ4n) is 2.54. The summed E-state index contributed by atoms with van der Waals surface area (Å²) in [4.78, 5) is 0. The van der Waals surface area contributed by atoms with Gasteiger partial charge in [0.15, 0.2) is 0 Å². The van der Waals surface area contributed by atoms with Gasteiger partial charge in [0, 0.05) is 22.6 Å². The lowest BCUT2D eigenvalue weighted by molar-refractivity contribution is 1.12. The molecule has 0 saturated heterocycles. The summed E-state index contributed by atoms with van der Waals surface area (Å²) < 4.78 is 10.6. The molecule has 0 saturated carbocycles. The standard InChI is InChI=1S/C12H6N4S4/c1-5-3-17-12-10(14-16-20-12)8(5)2-6-4-18-11-9(7(1)6)13-15-19-11/h1-2H,3-4H2. The molecule has 2 aliphatic rings. The van der Waals surface area contributed by atoms with Crippen molar-refractivity contribution in [3.05, 3.63) is 23.3 Å². The summed E-state index contributed by atoms with van der Waals surface area (Å²) in [6, 6.07) is 4.56. The third-order valence-electron chi connectivity index (χ3n) is 3.47. The van der Waals surface area contributed by atoms with Crippen molar-refractivity contribution >= 4 is 46.6 Å². The first-order valence-electron chi connectivity index (χ1n) is 5.97. The first kappa shape index (κ1) is 11.7. The van der Waals surface area contributed by atoms with Crippen molar-refractivity contribution in [3.63, 3.8) is 0 Å². The van der Waals surface area contributed by atoms with E-state index in [1.54, 1.807) is 0 Å². The van der Waals surface area contributed by atoms with E-state index in [1.165, 1.54) is 53.7 Å². The highest BCUT2D eigenvalue weighted by atomic mass is 32.2. The maximum Gasteiger partial charge on any atom is 0.119 e. The monoisotopic (exact) mass is 334 g/mol. The molecule has 0 spiro atoms. The molecule has 0 amide bonds. The molecule has 2 aromatic heterocycles. The van der Waals surface area contributed by atoms with Crippen LogP contribution in [0.5, 0.6) is 0 Å². The molecule has 8 heteroatoms. The Labute approximate surface area is 131 Å². The van der Waals surface area contributed by atoms with Gasteiger partial charge < -0.3 is 0 Å². The Morgan fingerprint density at radius 3 is 1.75 bits per heavy atom. The van der Waals surface area contributed by atoms with Crippen LogP contribution in [0.3, 0.4) is 0 Å². The SMILES string of the molecule is c1c2c(cc3c1-c1nnsc1SC3)-c1nnsc1SC2. The summed E-state index contributed by atoms with van der Waals surface area (Å²) in [6.07, 6.45) is 0. The summed E-state index contributed by atoms with van der Waals surface area (Å²) in [5.41, 5.74) is 7.27. The predicted octanol–water partition coefficient (Wildman–Crippen LogP) is 3.94. The topological polar surface area (TPSA) is 51.6 Å². The highest BCUT2D eigenvalue weighted by Gasteiger charge is 2.26. The van der Waals surface area contributed by atoms with Gasteiger partial charge in [0.25, 0.3) is 0 Å². The molecule has 1 aromatic carbocycles. The molecule has 0 N–H and O–H groups in total. The molecule has 0 fully saturated rings. The average Bonchev–Trinajstić information content (AvgIpc) is 3.13. The molecule has 0 atom stereocenters. The van der Waals surface area contributed by atoms with E-state index in [0.29, 0.717) is 0 Å². The van der Waals surface area contributed by atoms with Crippen molar-refractivity contribution in [1.82, 2.24) is 19.2 Å². The van der Waals surface area contributed by atoms with Crippen molar-refractivity contribution in [2.45, 2.75) is 19.9 Å². The van der Waals surface area contributed by atoms with Crippen LogP contribution in [0, 0.1) is 0 Å². The molecule has 4 heterocycles. The highest BCUT2D eigenvalue weighted by molar-refractivity contribution is 8.00. The second kappa shape index (κ2) is 4.27. The maximum absolute atomic E-state index is 4.30. The lowest BCUT2D eigenvalue weighted by Crippen LogP contribution is -2.01. The normalized spacial score (nSPS) is 15.2. The molecule has 20 heavy (non-hydrogen) atoms. The fraction of sp³-hybridized carbons (Fsp3) is 0.167. The summed E-state index contributed by atoms with van der Waals surface area (Å²) in [5.74, 6) is 1.97. The first-order chi connectivity index (χ1) is 9.90. The van der Waals surface area contributed by atoms with Gasteiger partial charge in [-0.25, -0.2) is 0 Å². The summed E-state index contributed by atoms with van der Waals surface area (Å²) in [6.45, 7) is 0. The number of thioether (sulfide) groups is 2. The van der Waals surface area contributed by atoms with Gasteiger partial charge in [-0.2, -0.15) is 0 Å². The van der Waals surface area contributed by atoms with Gasteiger partial charge in [-0.05, 0) is 46.3 Å². The molecular weight excluding hydrogens is 328 g/mol. The second-order valence-electron chi connectivity index (χ2n) is 4.56. The molecule has 0 aliphatic carbocycles. The van der Waals surface area contributed by atoms with Gasteiger partial charge in [-0.1, -0.05) is 8.98 Å². The first-order valence-corrected chi connectivity index (χ1v) is 9.49. The van der Waals surface area contributed by atoms with Crippen molar-refractivity contribution in [3.8, 4) is 22.5 Å². The number of rotatable bonds is 0. The minimum Gasteiger partial charge on any atom is -0.137 e. The van der Waals surface area contributed by atoms with E-state index in [-0.39, 0.29) is 0 Å². The maximum atomic E-state index is 4.30. The van der Waals surface area contributed by atoms with Crippen LogP contribution in [0.1, 0.15) is 11.1 Å². The van der Waals surface area contributed by atoms with Crippen LogP contribution in [-0.2, 0) is 11.5 Å². The summed E-state index contributed by atoms with van der Waals surface area (Å²) >= 11 is 6.64. The van der Waals surface area contributed by atoms with Gasteiger partial charge in [0.05, 0.1) is 0 Å². The molecule has 2 aliphatic heterocycles. The Hall–Kier alpha value is -0.960. The number of aromatic nitrogens is 4. The molecule has 0 radical (unpaired) electrons. The third-order valence-corrected chi connectivity index (χ3v) is 7.49. The molecule has 5 rings (SSSR count). The van der Waals surface area contributed by atoms with Crippen LogP contribution < -0.4 is 0 Å². The van der Waals surface area contributed by atoms with E-state index >= 15 is 0 Å². The molecule has 0 bridgehead atoms. The molecule has 0 unspecified atom stereocenters. The lowest BCUT2D eigenvalue weighted by atomic mass is 9.96. The van der Waals surface area contributed by atoms with Gasteiger partial charge in [0.1, 0.15) is 19.8 Å². The summed E-state index contributed by atoms with van der Waals surface area (Å²) in [7, 11) is 0. The van der Waals surface area contributed by atoms with Crippen LogP contribution in [-0.4, -0.2) is 19.2 Å². The largest absolute Gasteiger partial charge is 0.137 e. The van der Waals surface area contributed by atoms with E-state index in [4.69, 9.17) is 0 Å². The van der Waals surface area contributed by atoms with Crippen LogP contribution in [0.2, 0.25) is 0 Å². The Balaban J connectivity index is 1.78. The van der Waals surface area contributed by atoms with Crippen molar-refractivity contribution in [1.29, 1.82) is 0 Å². The minimum absolute atomic E-state index is 0.986. The molecular formula is C12H6N4S4. The van der Waals surface area contributed by atoms with Gasteiger partial charge in [0.2, 0.25) is 0 Å². The number of fused-ring (bicyclic) bond motifs is 6. The number of nitrogens with zero attached hydrogens (tertiary/aromatic N) is 4. The predicted molar refractivity (Wildman–Crippen MR) is 83.4 cm³/mol. The van der Waals surface area contributed by atoms with E-state index < -0.39 is 0 Å². The van der Waals surface area contributed by atoms with Crippen molar-refractivity contribution in [2.75, 3.05) is 0 Å².